The Morgan fingerprint density at radius 3 is 2.62 bits per heavy atom. The molecule has 0 aliphatic carbocycles. The second-order valence-corrected chi connectivity index (χ2v) is 2.76. The molecule has 4 nitrogen and oxygen atoms in total. The lowest BCUT2D eigenvalue weighted by Gasteiger charge is -2.13. The summed E-state index contributed by atoms with van der Waals surface area (Å²) in [5.41, 5.74) is 0. The summed E-state index contributed by atoms with van der Waals surface area (Å²) in [5.74, 6) is -0.921. The largest absolute Gasteiger partial charge is 0.478 e. The maximum atomic E-state index is 10.7. The maximum absolute atomic E-state index is 10.7. The Kier molecular flexibility index (Phi) is 3.37. The molecule has 1 unspecified atom stereocenters. The van der Waals surface area contributed by atoms with Crippen LogP contribution in [0.1, 0.15) is 19.8 Å². The lowest BCUT2D eigenvalue weighted by Crippen LogP contribution is -2.32. The molecule has 0 spiro atoms. The van der Waals surface area contributed by atoms with E-state index in [0.717, 1.165) is 6.42 Å². The highest BCUT2D eigenvalue weighted by Crippen LogP contribution is 2.00. The molecule has 0 aliphatic rings. The second kappa shape index (κ2) is 4.54. The predicted octanol–water partition coefficient (Wildman–Crippen LogP) is 1.17. The first-order valence-corrected chi connectivity index (χ1v) is 4.27. The molecule has 1 atom stereocenters. The molecule has 1 aromatic heterocycles. The van der Waals surface area contributed by atoms with Crippen LogP contribution < -0.4 is 4.84 Å². The normalized spacial score (nSPS) is 12.4. The van der Waals surface area contributed by atoms with Crippen molar-refractivity contribution in [1.29, 1.82) is 0 Å². The fraction of sp³-hybridized carbons (Fsp3) is 0.444. The third kappa shape index (κ3) is 2.82. The molecule has 13 heavy (non-hydrogen) atoms. The van der Waals surface area contributed by atoms with E-state index in [2.05, 4.69) is 0 Å². The molecule has 0 saturated heterocycles. The Morgan fingerprint density at radius 1 is 1.54 bits per heavy atom. The molecule has 0 bridgehead atoms. The molecule has 0 aliphatic heterocycles. The van der Waals surface area contributed by atoms with Crippen molar-refractivity contribution in [3.05, 3.63) is 24.5 Å². The highest BCUT2D eigenvalue weighted by molar-refractivity contribution is 5.72. The van der Waals surface area contributed by atoms with Crippen LogP contribution >= 0.6 is 0 Å². The van der Waals surface area contributed by atoms with Crippen LogP contribution in [0, 0.1) is 0 Å². The molecule has 0 radical (unpaired) electrons. The van der Waals surface area contributed by atoms with Gasteiger partial charge in [-0.25, -0.2) is 4.79 Å². The molecule has 1 heterocycles. The monoisotopic (exact) mass is 183 g/mol. The van der Waals surface area contributed by atoms with Crippen molar-refractivity contribution in [2.24, 2.45) is 0 Å². The van der Waals surface area contributed by atoms with E-state index >= 15 is 0 Å². The van der Waals surface area contributed by atoms with E-state index in [1.54, 1.807) is 24.5 Å². The van der Waals surface area contributed by atoms with E-state index in [4.69, 9.17) is 9.94 Å². The Morgan fingerprint density at radius 2 is 2.15 bits per heavy atom. The number of rotatable bonds is 5. The van der Waals surface area contributed by atoms with E-state index in [-0.39, 0.29) is 0 Å². The van der Waals surface area contributed by atoms with Gasteiger partial charge in [-0.1, -0.05) is 13.3 Å². The molecule has 0 fully saturated rings. The van der Waals surface area contributed by atoms with Gasteiger partial charge in [0.15, 0.2) is 0 Å². The number of hydrogen-bond acceptors (Lipinski definition) is 2. The van der Waals surface area contributed by atoms with E-state index in [0.29, 0.717) is 6.42 Å². The molecule has 1 rings (SSSR count). The van der Waals surface area contributed by atoms with Crippen LogP contribution in [0.2, 0.25) is 0 Å². The summed E-state index contributed by atoms with van der Waals surface area (Å²) in [5, 5.41) is 8.76. The van der Waals surface area contributed by atoms with Gasteiger partial charge in [0.2, 0.25) is 6.10 Å². The van der Waals surface area contributed by atoms with Crippen molar-refractivity contribution in [2.75, 3.05) is 0 Å². The molecule has 1 aromatic rings. The summed E-state index contributed by atoms with van der Waals surface area (Å²) < 4.78 is 1.41. The van der Waals surface area contributed by atoms with Crippen LogP contribution in [0.3, 0.4) is 0 Å². The van der Waals surface area contributed by atoms with Crippen LogP contribution in [-0.4, -0.2) is 21.9 Å². The minimum absolute atomic E-state index is 0.521. The molecule has 0 aromatic carbocycles. The Balaban J connectivity index is 2.52. The molecule has 72 valence electrons. The van der Waals surface area contributed by atoms with Crippen LogP contribution in [0.15, 0.2) is 24.5 Å². The summed E-state index contributed by atoms with van der Waals surface area (Å²) in [4.78, 5) is 15.9. The molecular weight excluding hydrogens is 170 g/mol. The first-order chi connectivity index (χ1) is 6.24. The van der Waals surface area contributed by atoms with Crippen LogP contribution in [0.4, 0.5) is 0 Å². The number of nitrogens with zero attached hydrogens (tertiary/aromatic N) is 1. The zero-order chi connectivity index (χ0) is 9.68. The molecule has 1 N–H and O–H groups in total. The Labute approximate surface area is 76.7 Å². The first-order valence-electron chi connectivity index (χ1n) is 4.27. The standard InChI is InChI=1S/C9H13NO3/c1-2-5-8(9(11)12)13-10-6-3-4-7-10/h3-4,6-8H,2,5H2,1H3,(H,11,12). The molecule has 4 heteroatoms. The third-order valence-electron chi connectivity index (χ3n) is 1.65. The highest BCUT2D eigenvalue weighted by Gasteiger charge is 2.17. The van der Waals surface area contributed by atoms with Crippen LogP contribution in [0.5, 0.6) is 0 Å². The number of aromatic nitrogens is 1. The number of carbonyl (C=O) groups is 1. The van der Waals surface area contributed by atoms with E-state index in [1.807, 2.05) is 6.92 Å². The fourth-order valence-electron chi connectivity index (χ4n) is 1.02. The number of hydrogen-bond donors (Lipinski definition) is 1. The fourth-order valence-corrected chi connectivity index (χ4v) is 1.02. The van der Waals surface area contributed by atoms with Gasteiger partial charge in [-0.05, 0) is 18.6 Å². The summed E-state index contributed by atoms with van der Waals surface area (Å²) in [6, 6.07) is 3.57. The summed E-state index contributed by atoms with van der Waals surface area (Å²) in [6.45, 7) is 1.93. The van der Waals surface area contributed by atoms with Gasteiger partial charge in [0.05, 0.1) is 0 Å². The summed E-state index contributed by atoms with van der Waals surface area (Å²) in [7, 11) is 0. The Hall–Kier alpha value is -1.45. The zero-order valence-electron chi connectivity index (χ0n) is 7.51. The minimum Gasteiger partial charge on any atom is -0.478 e. The van der Waals surface area contributed by atoms with E-state index < -0.39 is 12.1 Å². The average molecular weight is 183 g/mol. The lowest BCUT2D eigenvalue weighted by atomic mass is 10.2. The van der Waals surface area contributed by atoms with Gasteiger partial charge in [-0.2, -0.15) is 4.73 Å². The smallest absolute Gasteiger partial charge is 0.347 e. The van der Waals surface area contributed by atoms with Crippen LogP contribution in [0.25, 0.3) is 0 Å². The van der Waals surface area contributed by atoms with Crippen molar-refractivity contribution < 1.29 is 14.7 Å². The van der Waals surface area contributed by atoms with Crippen molar-refractivity contribution in [1.82, 2.24) is 4.73 Å². The molecule has 0 amide bonds. The third-order valence-corrected chi connectivity index (χ3v) is 1.65. The number of carboxylic acids is 1. The van der Waals surface area contributed by atoms with Gasteiger partial charge in [0.1, 0.15) is 0 Å². The quantitative estimate of drug-likeness (QED) is 0.745. The van der Waals surface area contributed by atoms with Crippen molar-refractivity contribution in [3.8, 4) is 0 Å². The number of aliphatic carboxylic acids is 1. The lowest BCUT2D eigenvalue weighted by molar-refractivity contribution is -0.151. The van der Waals surface area contributed by atoms with E-state index in [9.17, 15) is 4.79 Å². The minimum atomic E-state index is -0.921. The second-order valence-electron chi connectivity index (χ2n) is 2.76. The molecular formula is C9H13NO3. The van der Waals surface area contributed by atoms with Gasteiger partial charge >= 0.3 is 5.97 Å². The topological polar surface area (TPSA) is 51.5 Å². The van der Waals surface area contributed by atoms with Gasteiger partial charge in [0, 0.05) is 12.4 Å². The summed E-state index contributed by atoms with van der Waals surface area (Å²) >= 11 is 0. The predicted molar refractivity (Wildman–Crippen MR) is 47.3 cm³/mol. The van der Waals surface area contributed by atoms with Crippen molar-refractivity contribution >= 4 is 5.97 Å². The van der Waals surface area contributed by atoms with Gasteiger partial charge in [-0.3, -0.25) is 0 Å². The average Bonchev–Trinajstić information content (AvgIpc) is 2.56. The first kappa shape index (κ1) is 9.64. The zero-order valence-corrected chi connectivity index (χ0v) is 7.51. The van der Waals surface area contributed by atoms with Gasteiger partial charge < -0.3 is 9.94 Å². The highest BCUT2D eigenvalue weighted by atomic mass is 16.7. The SMILES string of the molecule is CCCC(On1cccc1)C(=O)O. The van der Waals surface area contributed by atoms with Crippen molar-refractivity contribution in [3.63, 3.8) is 0 Å². The number of carboxylic acid groups (broad SMARTS) is 1. The maximum Gasteiger partial charge on any atom is 0.347 e. The van der Waals surface area contributed by atoms with Crippen molar-refractivity contribution in [2.45, 2.75) is 25.9 Å². The summed E-state index contributed by atoms with van der Waals surface area (Å²) in [6.07, 6.45) is 3.90. The Bertz CT molecular complexity index is 256. The molecule has 0 saturated carbocycles. The van der Waals surface area contributed by atoms with Crippen LogP contribution in [-0.2, 0) is 4.79 Å². The van der Waals surface area contributed by atoms with Gasteiger partial charge in [0.25, 0.3) is 0 Å². The van der Waals surface area contributed by atoms with E-state index in [1.165, 1.54) is 4.73 Å². The van der Waals surface area contributed by atoms with Gasteiger partial charge in [-0.15, -0.1) is 0 Å².